The largest absolute Gasteiger partial charge is 0.422 e. The fourth-order valence-electron chi connectivity index (χ4n) is 1.88. The van der Waals surface area contributed by atoms with Gasteiger partial charge in [-0.3, -0.25) is 4.98 Å². The molecular weight excluding hydrogens is 311 g/mol. The van der Waals surface area contributed by atoms with Gasteiger partial charge in [-0.25, -0.2) is 4.98 Å². The normalized spacial score (nSPS) is 11.4. The van der Waals surface area contributed by atoms with E-state index >= 15 is 0 Å². The van der Waals surface area contributed by atoms with Gasteiger partial charge in [-0.1, -0.05) is 0 Å². The van der Waals surface area contributed by atoms with Crippen molar-refractivity contribution in [2.75, 3.05) is 5.32 Å². The number of aromatic nitrogens is 4. The van der Waals surface area contributed by atoms with Crippen LogP contribution in [0.5, 0.6) is 0 Å². The lowest BCUT2D eigenvalue weighted by Crippen LogP contribution is -2.08. The third-order valence-corrected chi connectivity index (χ3v) is 2.98. The Bertz CT molecular complexity index is 772. The molecule has 0 atom stereocenters. The summed E-state index contributed by atoms with van der Waals surface area (Å²) in [7, 11) is 0. The zero-order valence-electron chi connectivity index (χ0n) is 11.6. The van der Waals surface area contributed by atoms with Crippen molar-refractivity contribution in [3.63, 3.8) is 0 Å². The number of nitrogens with zero attached hydrogens (tertiary/aromatic N) is 4. The van der Waals surface area contributed by atoms with E-state index in [1.54, 1.807) is 18.3 Å². The number of anilines is 1. The summed E-state index contributed by atoms with van der Waals surface area (Å²) >= 11 is 0. The van der Waals surface area contributed by atoms with Crippen molar-refractivity contribution in [2.45, 2.75) is 12.7 Å². The Morgan fingerprint density at radius 3 is 2.65 bits per heavy atom. The average molecular weight is 321 g/mol. The highest BCUT2D eigenvalue weighted by Crippen LogP contribution is 2.28. The first-order valence-electron chi connectivity index (χ1n) is 6.51. The van der Waals surface area contributed by atoms with Crippen molar-refractivity contribution >= 4 is 5.69 Å². The standard InChI is InChI=1S/C14H10F3N5O/c15-14(16,17)9-3-4-10(19-6-9)7-20-11-2-1-5-18-12(11)13-22-21-8-23-13/h1-6,8,20H,7H2. The first-order valence-corrected chi connectivity index (χ1v) is 6.51. The molecule has 0 aliphatic heterocycles. The van der Waals surface area contributed by atoms with Gasteiger partial charge in [-0.2, -0.15) is 13.2 Å². The molecule has 3 rings (SSSR count). The maximum absolute atomic E-state index is 12.5. The van der Waals surface area contributed by atoms with E-state index in [4.69, 9.17) is 4.42 Å². The third-order valence-electron chi connectivity index (χ3n) is 2.98. The predicted molar refractivity (Wildman–Crippen MR) is 74.1 cm³/mol. The van der Waals surface area contributed by atoms with E-state index in [0.29, 0.717) is 17.1 Å². The lowest BCUT2D eigenvalue weighted by atomic mass is 10.2. The van der Waals surface area contributed by atoms with Gasteiger partial charge in [-0.05, 0) is 24.3 Å². The maximum Gasteiger partial charge on any atom is 0.417 e. The summed E-state index contributed by atoms with van der Waals surface area (Å²) in [5.41, 5.74) is 0.739. The zero-order valence-corrected chi connectivity index (χ0v) is 11.6. The molecule has 0 spiro atoms. The van der Waals surface area contributed by atoms with Gasteiger partial charge in [0.15, 0.2) is 5.69 Å². The van der Waals surface area contributed by atoms with Gasteiger partial charge in [0.05, 0.1) is 23.5 Å². The topological polar surface area (TPSA) is 76.7 Å². The summed E-state index contributed by atoms with van der Waals surface area (Å²) in [5.74, 6) is 0.244. The molecule has 0 bridgehead atoms. The lowest BCUT2D eigenvalue weighted by Gasteiger charge is -2.10. The van der Waals surface area contributed by atoms with Gasteiger partial charge < -0.3 is 9.73 Å². The molecule has 0 saturated carbocycles. The molecule has 23 heavy (non-hydrogen) atoms. The number of nitrogens with one attached hydrogen (secondary N) is 1. The Labute approximate surface area is 128 Å². The van der Waals surface area contributed by atoms with Crippen molar-refractivity contribution in [1.29, 1.82) is 0 Å². The van der Waals surface area contributed by atoms with E-state index in [0.717, 1.165) is 12.3 Å². The number of rotatable bonds is 4. The Morgan fingerprint density at radius 2 is 2.00 bits per heavy atom. The molecule has 6 nitrogen and oxygen atoms in total. The molecule has 118 valence electrons. The van der Waals surface area contributed by atoms with E-state index in [1.165, 1.54) is 12.5 Å². The molecule has 1 N–H and O–H groups in total. The predicted octanol–water partition coefficient (Wildman–Crippen LogP) is 3.16. The smallest absolute Gasteiger partial charge is 0.417 e. The first-order chi connectivity index (χ1) is 11.0. The van der Waals surface area contributed by atoms with Crippen LogP contribution >= 0.6 is 0 Å². The molecule has 0 aliphatic carbocycles. The Kier molecular flexibility index (Phi) is 3.92. The SMILES string of the molecule is FC(F)(F)c1ccc(CNc2cccnc2-c2nnco2)nc1. The highest BCUT2D eigenvalue weighted by molar-refractivity contribution is 5.67. The Hall–Kier alpha value is -2.97. The van der Waals surface area contributed by atoms with Crippen molar-refractivity contribution in [2.24, 2.45) is 0 Å². The third kappa shape index (κ3) is 3.44. The van der Waals surface area contributed by atoms with Gasteiger partial charge in [0.2, 0.25) is 6.39 Å². The molecule has 3 aromatic heterocycles. The van der Waals surface area contributed by atoms with E-state index in [1.807, 2.05) is 0 Å². The highest BCUT2D eigenvalue weighted by atomic mass is 19.4. The number of halogens is 3. The molecule has 9 heteroatoms. The van der Waals surface area contributed by atoms with Crippen LogP contribution in [0.15, 0.2) is 47.5 Å². The Balaban J connectivity index is 1.74. The molecule has 0 radical (unpaired) electrons. The number of pyridine rings is 2. The lowest BCUT2D eigenvalue weighted by molar-refractivity contribution is -0.137. The van der Waals surface area contributed by atoms with Gasteiger partial charge in [-0.15, -0.1) is 10.2 Å². The fraction of sp³-hybridized carbons (Fsp3) is 0.143. The van der Waals surface area contributed by atoms with Gasteiger partial charge >= 0.3 is 6.18 Å². The maximum atomic E-state index is 12.5. The summed E-state index contributed by atoms with van der Waals surface area (Å²) in [4.78, 5) is 7.95. The van der Waals surface area contributed by atoms with Crippen LogP contribution in [0.2, 0.25) is 0 Å². The summed E-state index contributed by atoms with van der Waals surface area (Å²) in [6.45, 7) is 0.227. The molecule has 0 saturated heterocycles. The van der Waals surface area contributed by atoms with Gasteiger partial charge in [0.25, 0.3) is 5.89 Å². The number of hydrogen-bond acceptors (Lipinski definition) is 6. The Morgan fingerprint density at radius 1 is 1.13 bits per heavy atom. The van der Waals surface area contributed by atoms with Crippen LogP contribution in [0.3, 0.4) is 0 Å². The molecule has 3 heterocycles. The van der Waals surface area contributed by atoms with Crippen molar-refractivity contribution in [1.82, 2.24) is 20.2 Å². The molecule has 3 aromatic rings. The van der Waals surface area contributed by atoms with Crippen LogP contribution in [0.1, 0.15) is 11.3 Å². The quantitative estimate of drug-likeness (QED) is 0.795. The highest BCUT2D eigenvalue weighted by Gasteiger charge is 2.30. The minimum atomic E-state index is -4.40. The number of alkyl halides is 3. The first kappa shape index (κ1) is 14.9. The van der Waals surface area contributed by atoms with E-state index < -0.39 is 11.7 Å². The van der Waals surface area contributed by atoms with E-state index in [2.05, 4.69) is 25.5 Å². The molecular formula is C14H10F3N5O. The van der Waals surface area contributed by atoms with Gasteiger partial charge in [0.1, 0.15) is 0 Å². The van der Waals surface area contributed by atoms with Crippen LogP contribution in [0.4, 0.5) is 18.9 Å². The number of hydrogen-bond donors (Lipinski definition) is 1. The van der Waals surface area contributed by atoms with Crippen LogP contribution < -0.4 is 5.32 Å². The van der Waals surface area contributed by atoms with E-state index in [9.17, 15) is 13.2 Å². The van der Waals surface area contributed by atoms with Crippen LogP contribution in [0.25, 0.3) is 11.6 Å². The van der Waals surface area contributed by atoms with Crippen LogP contribution in [-0.4, -0.2) is 20.2 Å². The molecule has 0 amide bonds. The fourth-order valence-corrected chi connectivity index (χ4v) is 1.88. The monoisotopic (exact) mass is 321 g/mol. The minimum absolute atomic E-state index is 0.227. The molecule has 0 aliphatic rings. The van der Waals surface area contributed by atoms with Crippen LogP contribution in [0, 0.1) is 0 Å². The second kappa shape index (κ2) is 6.03. The summed E-state index contributed by atoms with van der Waals surface area (Å²) in [6, 6.07) is 5.77. The second-order valence-corrected chi connectivity index (χ2v) is 4.53. The summed E-state index contributed by atoms with van der Waals surface area (Å²) in [6.07, 6.45) is -0.834. The van der Waals surface area contributed by atoms with Crippen molar-refractivity contribution in [3.8, 4) is 11.6 Å². The van der Waals surface area contributed by atoms with Crippen LogP contribution in [-0.2, 0) is 12.7 Å². The molecule has 0 fully saturated rings. The van der Waals surface area contributed by atoms with Crippen molar-refractivity contribution < 1.29 is 17.6 Å². The van der Waals surface area contributed by atoms with Gasteiger partial charge in [0, 0.05) is 12.4 Å². The summed E-state index contributed by atoms with van der Waals surface area (Å²) in [5, 5.41) is 10.4. The second-order valence-electron chi connectivity index (χ2n) is 4.53. The molecule has 0 unspecified atom stereocenters. The minimum Gasteiger partial charge on any atom is -0.422 e. The average Bonchev–Trinajstić information content (AvgIpc) is 3.07. The van der Waals surface area contributed by atoms with E-state index in [-0.39, 0.29) is 12.4 Å². The van der Waals surface area contributed by atoms with Crippen molar-refractivity contribution in [3.05, 3.63) is 54.3 Å². The summed E-state index contributed by atoms with van der Waals surface area (Å²) < 4.78 is 42.6. The molecule has 0 aromatic carbocycles. The zero-order chi connectivity index (χ0) is 16.3.